The Bertz CT molecular complexity index is 1040. The number of carbonyl (C=O) groups is 1. The molecule has 8 heteroatoms. The van der Waals surface area contributed by atoms with E-state index in [1.165, 1.54) is 11.8 Å². The van der Waals surface area contributed by atoms with E-state index < -0.39 is 26.1 Å². The molecule has 1 aliphatic heterocycles. The fourth-order valence-electron chi connectivity index (χ4n) is 3.49. The zero-order valence-corrected chi connectivity index (χ0v) is 17.1. The van der Waals surface area contributed by atoms with Crippen molar-refractivity contribution in [2.24, 2.45) is 0 Å². The minimum Gasteiger partial charge on any atom is -0.480 e. The average molecular weight is 436 g/mol. The maximum atomic E-state index is 13.0. The molecule has 1 heterocycles. The summed E-state index contributed by atoms with van der Waals surface area (Å²) in [5, 5.41) is 10.4. The number of halogens is 1. The van der Waals surface area contributed by atoms with Gasteiger partial charge < -0.3 is 5.11 Å². The first-order valence-corrected chi connectivity index (χ1v) is 11.6. The largest absolute Gasteiger partial charge is 0.480 e. The second-order valence-corrected chi connectivity index (χ2v) is 10.8. The molecule has 0 aromatic heterocycles. The van der Waals surface area contributed by atoms with Gasteiger partial charge in [-0.05, 0) is 36.1 Å². The molecule has 5 nitrogen and oxygen atoms in total. The lowest BCUT2D eigenvalue weighted by molar-refractivity contribution is -0.140. The predicted molar refractivity (Wildman–Crippen MR) is 112 cm³/mol. The number of aliphatic carboxylic acids is 1. The average Bonchev–Trinajstić information content (AvgIpc) is 3.17. The van der Waals surface area contributed by atoms with Crippen molar-refractivity contribution in [1.29, 1.82) is 0 Å². The summed E-state index contributed by atoms with van der Waals surface area (Å²) in [6.07, 6.45) is 2.44. The molecule has 0 radical (unpaired) electrons. The monoisotopic (exact) mass is 435 g/mol. The van der Waals surface area contributed by atoms with Crippen molar-refractivity contribution in [3.05, 3.63) is 76.8 Å². The van der Waals surface area contributed by atoms with Crippen LogP contribution in [-0.4, -0.2) is 29.6 Å². The van der Waals surface area contributed by atoms with Crippen LogP contribution in [0.15, 0.2) is 60.7 Å². The van der Waals surface area contributed by atoms with Crippen LogP contribution in [0.1, 0.15) is 29.9 Å². The number of hydrogen-bond acceptors (Lipinski definition) is 4. The summed E-state index contributed by atoms with van der Waals surface area (Å²) >= 11 is 7.13. The molecule has 146 valence electrons. The zero-order valence-electron chi connectivity index (χ0n) is 14.7. The molecule has 4 rings (SSSR count). The van der Waals surface area contributed by atoms with E-state index in [0.29, 0.717) is 11.4 Å². The molecular formula is C20H18ClNO4S2. The first-order chi connectivity index (χ1) is 13.3. The molecule has 0 saturated heterocycles. The molecule has 0 bridgehead atoms. The van der Waals surface area contributed by atoms with E-state index in [0.717, 1.165) is 16.0 Å². The van der Waals surface area contributed by atoms with Crippen LogP contribution in [0.5, 0.6) is 0 Å². The SMILES string of the molecule is O=C(O)[C@]1(NS(=O)(=O)C2CC=C(c3ccc(Cl)cc3)S2)C[C@@H]1c1ccccc1. The Balaban J connectivity index is 1.50. The molecule has 2 aromatic rings. The summed E-state index contributed by atoms with van der Waals surface area (Å²) in [4.78, 5) is 12.8. The molecule has 3 atom stereocenters. The number of nitrogens with one attached hydrogen (secondary N) is 1. The minimum atomic E-state index is -3.84. The molecular weight excluding hydrogens is 418 g/mol. The van der Waals surface area contributed by atoms with Gasteiger partial charge in [-0.2, -0.15) is 4.72 Å². The van der Waals surface area contributed by atoms with E-state index in [1.54, 1.807) is 12.1 Å². The molecule has 28 heavy (non-hydrogen) atoms. The van der Waals surface area contributed by atoms with Gasteiger partial charge in [0.1, 0.15) is 10.1 Å². The lowest BCUT2D eigenvalue weighted by atomic mass is 10.1. The topological polar surface area (TPSA) is 83.5 Å². The summed E-state index contributed by atoms with van der Waals surface area (Å²) < 4.78 is 27.7. The van der Waals surface area contributed by atoms with E-state index in [1.807, 2.05) is 48.5 Å². The van der Waals surface area contributed by atoms with Gasteiger partial charge in [0.25, 0.3) is 0 Å². The van der Waals surface area contributed by atoms with Crippen LogP contribution in [0.25, 0.3) is 4.91 Å². The Kier molecular flexibility index (Phi) is 5.03. The van der Waals surface area contributed by atoms with Crippen molar-refractivity contribution < 1.29 is 18.3 Å². The van der Waals surface area contributed by atoms with E-state index in [-0.39, 0.29) is 12.3 Å². The maximum absolute atomic E-state index is 13.0. The molecule has 1 aliphatic carbocycles. The van der Waals surface area contributed by atoms with Gasteiger partial charge in [-0.3, -0.25) is 4.79 Å². The van der Waals surface area contributed by atoms with Crippen molar-refractivity contribution >= 4 is 44.3 Å². The molecule has 2 N–H and O–H groups in total. The fraction of sp³-hybridized carbons (Fsp3) is 0.250. The highest BCUT2D eigenvalue weighted by Gasteiger charge is 2.63. The Morgan fingerprint density at radius 1 is 1.14 bits per heavy atom. The van der Waals surface area contributed by atoms with Gasteiger partial charge in [-0.25, -0.2) is 8.42 Å². The van der Waals surface area contributed by atoms with Crippen molar-refractivity contribution in [1.82, 2.24) is 4.72 Å². The third-order valence-electron chi connectivity index (χ3n) is 5.10. The highest BCUT2D eigenvalue weighted by molar-refractivity contribution is 8.18. The second-order valence-electron chi connectivity index (χ2n) is 6.95. The van der Waals surface area contributed by atoms with Crippen LogP contribution < -0.4 is 4.72 Å². The Morgan fingerprint density at radius 3 is 2.46 bits per heavy atom. The molecule has 2 aromatic carbocycles. The third kappa shape index (κ3) is 3.59. The van der Waals surface area contributed by atoms with Crippen LogP contribution in [0.4, 0.5) is 0 Å². The number of benzene rings is 2. The van der Waals surface area contributed by atoms with E-state index in [9.17, 15) is 18.3 Å². The van der Waals surface area contributed by atoms with Crippen molar-refractivity contribution in [2.75, 3.05) is 0 Å². The summed E-state index contributed by atoms with van der Waals surface area (Å²) in [7, 11) is -3.84. The van der Waals surface area contributed by atoms with Gasteiger partial charge in [-0.15, -0.1) is 11.8 Å². The van der Waals surface area contributed by atoms with E-state index in [2.05, 4.69) is 4.72 Å². The number of thioether (sulfide) groups is 1. The molecule has 1 fully saturated rings. The summed E-state index contributed by atoms with van der Waals surface area (Å²) in [6, 6.07) is 16.3. The van der Waals surface area contributed by atoms with Gasteiger partial charge in [0.2, 0.25) is 10.0 Å². The standard InChI is InChI=1S/C20H18ClNO4S2/c21-15-8-6-14(7-9-15)17-10-11-18(27-17)28(25,26)22-20(19(23)24)12-16(20)13-4-2-1-3-5-13/h1-10,16,18,22H,11-12H2,(H,23,24)/t16-,18?,20+/m1/s1. The van der Waals surface area contributed by atoms with E-state index >= 15 is 0 Å². The lowest BCUT2D eigenvalue weighted by Crippen LogP contribution is -2.47. The highest BCUT2D eigenvalue weighted by atomic mass is 35.5. The van der Waals surface area contributed by atoms with Gasteiger partial charge in [0, 0.05) is 15.8 Å². The van der Waals surface area contributed by atoms with Crippen molar-refractivity contribution in [3.8, 4) is 0 Å². The number of hydrogen-bond donors (Lipinski definition) is 2. The first kappa shape index (κ1) is 19.5. The van der Waals surface area contributed by atoms with Crippen LogP contribution in [-0.2, 0) is 14.8 Å². The number of sulfonamides is 1. The Hall–Kier alpha value is -1.80. The second kappa shape index (κ2) is 7.22. The summed E-state index contributed by atoms with van der Waals surface area (Å²) in [5.74, 6) is -1.50. The molecule has 1 unspecified atom stereocenters. The number of carboxylic acids is 1. The lowest BCUT2D eigenvalue weighted by Gasteiger charge is -2.19. The zero-order chi connectivity index (χ0) is 19.9. The molecule has 2 aliphatic rings. The van der Waals surface area contributed by atoms with Gasteiger partial charge in [-0.1, -0.05) is 60.1 Å². The van der Waals surface area contributed by atoms with Crippen LogP contribution in [0.2, 0.25) is 5.02 Å². The highest BCUT2D eigenvalue weighted by Crippen LogP contribution is 2.53. The normalized spacial score (nSPS) is 26.7. The minimum absolute atomic E-state index is 0.250. The van der Waals surface area contributed by atoms with Gasteiger partial charge in [0.15, 0.2) is 0 Å². The van der Waals surface area contributed by atoms with Gasteiger partial charge >= 0.3 is 5.97 Å². The molecule has 0 spiro atoms. The number of carboxylic acid groups (broad SMARTS) is 1. The summed E-state index contributed by atoms with van der Waals surface area (Å²) in [5.41, 5.74) is 0.254. The smallest absolute Gasteiger partial charge is 0.325 e. The number of allylic oxidation sites excluding steroid dienone is 1. The van der Waals surface area contributed by atoms with Crippen LogP contribution in [0, 0.1) is 0 Å². The van der Waals surface area contributed by atoms with E-state index in [4.69, 9.17) is 11.6 Å². The van der Waals surface area contributed by atoms with Crippen LogP contribution in [0.3, 0.4) is 0 Å². The Labute approximate surface area is 172 Å². The number of rotatable bonds is 6. The fourth-order valence-corrected chi connectivity index (χ4v) is 6.82. The van der Waals surface area contributed by atoms with Crippen molar-refractivity contribution in [3.63, 3.8) is 0 Å². The molecule has 0 amide bonds. The summed E-state index contributed by atoms with van der Waals surface area (Å²) in [6.45, 7) is 0. The molecule has 1 saturated carbocycles. The first-order valence-electron chi connectivity index (χ1n) is 8.76. The third-order valence-corrected chi connectivity index (χ3v) is 9.04. The van der Waals surface area contributed by atoms with Crippen molar-refractivity contribution in [2.45, 2.75) is 28.9 Å². The maximum Gasteiger partial charge on any atom is 0.325 e. The Morgan fingerprint density at radius 2 is 1.82 bits per heavy atom. The quantitative estimate of drug-likeness (QED) is 0.714. The van der Waals surface area contributed by atoms with Gasteiger partial charge in [0.05, 0.1) is 0 Å². The van der Waals surface area contributed by atoms with Crippen LogP contribution >= 0.6 is 23.4 Å². The predicted octanol–water partition coefficient (Wildman–Crippen LogP) is 4.07.